The minimum atomic E-state index is -3.33. The van der Waals surface area contributed by atoms with Gasteiger partial charge in [-0.3, -0.25) is 9.52 Å². The second kappa shape index (κ2) is 7.11. The zero-order chi connectivity index (χ0) is 16.9. The lowest BCUT2D eigenvalue weighted by Gasteiger charge is -2.06. The molecule has 0 heterocycles. The third kappa shape index (κ3) is 4.96. The third-order valence-corrected chi connectivity index (χ3v) is 4.43. The summed E-state index contributed by atoms with van der Waals surface area (Å²) in [5.41, 5.74) is 1.58. The molecule has 0 amide bonds. The van der Waals surface area contributed by atoms with Gasteiger partial charge in [0.1, 0.15) is 5.75 Å². The maximum Gasteiger partial charge on any atom is 0.232 e. The van der Waals surface area contributed by atoms with Crippen molar-refractivity contribution in [2.75, 3.05) is 10.5 Å². The molecule has 23 heavy (non-hydrogen) atoms. The van der Waals surface area contributed by atoms with E-state index in [2.05, 4.69) is 4.72 Å². The number of carbonyl (C=O) groups excluding carboxylic acids is 1. The van der Waals surface area contributed by atoms with Crippen molar-refractivity contribution >= 4 is 27.6 Å². The molecule has 0 atom stereocenters. The van der Waals surface area contributed by atoms with Crippen molar-refractivity contribution < 1.29 is 18.3 Å². The number of phenols is 1. The first-order chi connectivity index (χ1) is 10.9. The molecule has 0 aliphatic carbocycles. The lowest BCUT2D eigenvalue weighted by Crippen LogP contribution is -2.14. The average molecular weight is 331 g/mol. The van der Waals surface area contributed by atoms with Crippen LogP contribution in [0, 0.1) is 0 Å². The van der Waals surface area contributed by atoms with Crippen LogP contribution in [0.1, 0.15) is 22.8 Å². The van der Waals surface area contributed by atoms with E-state index in [1.54, 1.807) is 61.5 Å². The summed E-state index contributed by atoms with van der Waals surface area (Å²) in [6.07, 6.45) is 3.01. The van der Waals surface area contributed by atoms with Crippen molar-refractivity contribution in [2.45, 2.75) is 6.92 Å². The van der Waals surface area contributed by atoms with Crippen LogP contribution in [0.4, 0.5) is 5.69 Å². The molecule has 6 heteroatoms. The number of benzene rings is 2. The minimum Gasteiger partial charge on any atom is -0.508 e. The molecule has 2 aromatic carbocycles. The smallest absolute Gasteiger partial charge is 0.232 e. The van der Waals surface area contributed by atoms with Crippen LogP contribution in [0.15, 0.2) is 54.6 Å². The van der Waals surface area contributed by atoms with Crippen molar-refractivity contribution in [2.24, 2.45) is 0 Å². The van der Waals surface area contributed by atoms with E-state index in [0.717, 1.165) is 0 Å². The van der Waals surface area contributed by atoms with Crippen LogP contribution in [-0.4, -0.2) is 25.1 Å². The monoisotopic (exact) mass is 331 g/mol. The molecule has 2 rings (SSSR count). The number of sulfonamides is 1. The van der Waals surface area contributed by atoms with Crippen molar-refractivity contribution in [1.29, 1.82) is 0 Å². The highest BCUT2D eigenvalue weighted by molar-refractivity contribution is 7.92. The largest absolute Gasteiger partial charge is 0.508 e. The van der Waals surface area contributed by atoms with Gasteiger partial charge in [0.05, 0.1) is 5.75 Å². The van der Waals surface area contributed by atoms with E-state index < -0.39 is 10.0 Å². The lowest BCUT2D eigenvalue weighted by atomic mass is 10.1. The Morgan fingerprint density at radius 2 is 1.87 bits per heavy atom. The minimum absolute atomic E-state index is 0.0136. The van der Waals surface area contributed by atoms with E-state index >= 15 is 0 Å². The van der Waals surface area contributed by atoms with Crippen LogP contribution in [0.2, 0.25) is 0 Å². The molecule has 0 radical (unpaired) electrons. The van der Waals surface area contributed by atoms with Crippen molar-refractivity contribution in [1.82, 2.24) is 0 Å². The molecule has 0 aliphatic rings. The fraction of sp³-hybridized carbons (Fsp3) is 0.118. The van der Waals surface area contributed by atoms with Gasteiger partial charge < -0.3 is 5.11 Å². The maximum atomic E-state index is 12.1. The van der Waals surface area contributed by atoms with Gasteiger partial charge in [0, 0.05) is 11.3 Å². The Morgan fingerprint density at radius 3 is 2.48 bits per heavy atom. The molecule has 2 N–H and O–H groups in total. The molecule has 0 bridgehead atoms. The van der Waals surface area contributed by atoms with E-state index in [9.17, 15) is 18.3 Å². The molecule has 120 valence electrons. The number of hydrogen-bond donors (Lipinski definition) is 2. The molecule has 5 nitrogen and oxygen atoms in total. The quantitative estimate of drug-likeness (QED) is 0.629. The van der Waals surface area contributed by atoms with E-state index in [-0.39, 0.29) is 17.3 Å². The normalized spacial score (nSPS) is 11.5. The van der Waals surface area contributed by atoms with Gasteiger partial charge in [0.2, 0.25) is 10.0 Å². The number of hydrogen-bond acceptors (Lipinski definition) is 4. The molecule has 0 fully saturated rings. The van der Waals surface area contributed by atoms with Gasteiger partial charge in [-0.2, -0.15) is 0 Å². The van der Waals surface area contributed by atoms with E-state index in [1.165, 1.54) is 6.08 Å². The number of phenolic OH excluding ortho intramolecular Hbond substituents is 1. The molecule has 0 saturated heterocycles. The number of aromatic hydroxyl groups is 1. The predicted molar refractivity (Wildman–Crippen MR) is 91.0 cm³/mol. The third-order valence-electron chi connectivity index (χ3n) is 3.12. The zero-order valence-electron chi connectivity index (χ0n) is 12.6. The van der Waals surface area contributed by atoms with E-state index in [4.69, 9.17) is 0 Å². The van der Waals surface area contributed by atoms with Crippen molar-refractivity contribution in [3.05, 3.63) is 65.7 Å². The Bertz CT molecular complexity index is 824. The van der Waals surface area contributed by atoms with Gasteiger partial charge in [-0.25, -0.2) is 8.42 Å². The highest BCUT2D eigenvalue weighted by atomic mass is 32.2. The molecular formula is C17H17NO4S. The van der Waals surface area contributed by atoms with Gasteiger partial charge in [-0.15, -0.1) is 0 Å². The highest BCUT2D eigenvalue weighted by Gasteiger charge is 2.07. The number of carbonyl (C=O) groups is 1. The van der Waals surface area contributed by atoms with E-state index in [1.807, 2.05) is 0 Å². The predicted octanol–water partition coefficient (Wildman–Crippen LogP) is 3.05. The summed E-state index contributed by atoms with van der Waals surface area (Å²) in [5, 5.41) is 9.36. The fourth-order valence-corrected chi connectivity index (χ4v) is 2.49. The fourth-order valence-electron chi connectivity index (χ4n) is 1.85. The average Bonchev–Trinajstić information content (AvgIpc) is 2.53. The summed E-state index contributed by atoms with van der Waals surface area (Å²) in [5.74, 6) is -0.0919. The van der Waals surface area contributed by atoms with E-state index in [0.29, 0.717) is 16.8 Å². The van der Waals surface area contributed by atoms with Crippen molar-refractivity contribution in [3.63, 3.8) is 0 Å². The Balaban J connectivity index is 2.08. The summed E-state index contributed by atoms with van der Waals surface area (Å²) in [6, 6.07) is 12.8. The number of ketones is 1. The number of allylic oxidation sites excluding steroid dienone is 1. The van der Waals surface area contributed by atoms with Gasteiger partial charge in [-0.05, 0) is 55.0 Å². The topological polar surface area (TPSA) is 83.5 Å². The molecule has 0 unspecified atom stereocenters. The molecule has 0 spiro atoms. The molecule has 0 aromatic heterocycles. The number of nitrogens with one attached hydrogen (secondary N) is 1. The highest BCUT2D eigenvalue weighted by Crippen LogP contribution is 2.15. The maximum absolute atomic E-state index is 12.1. The SMILES string of the molecule is CCS(=O)(=O)Nc1ccc(C(=O)/C=C\c2cccc(O)c2)cc1. The number of anilines is 1. The first-order valence-corrected chi connectivity index (χ1v) is 8.67. The van der Waals surface area contributed by atoms with Crippen molar-refractivity contribution in [3.8, 4) is 5.75 Å². The Morgan fingerprint density at radius 1 is 1.17 bits per heavy atom. The van der Waals surface area contributed by atoms with Crippen LogP contribution >= 0.6 is 0 Å². The van der Waals surface area contributed by atoms with Crippen LogP contribution in [0.25, 0.3) is 6.08 Å². The zero-order valence-corrected chi connectivity index (χ0v) is 13.4. The molecule has 0 aliphatic heterocycles. The van der Waals surface area contributed by atoms with Gasteiger partial charge in [0.15, 0.2) is 5.78 Å². The second-order valence-electron chi connectivity index (χ2n) is 4.88. The second-order valence-corrected chi connectivity index (χ2v) is 6.89. The van der Waals surface area contributed by atoms with Gasteiger partial charge in [-0.1, -0.05) is 18.2 Å². The Hall–Kier alpha value is -2.60. The van der Waals surface area contributed by atoms with Crippen LogP contribution in [-0.2, 0) is 10.0 Å². The number of rotatable bonds is 6. The molecule has 2 aromatic rings. The molecule has 0 saturated carbocycles. The Labute approximate surface area is 135 Å². The van der Waals surface area contributed by atoms with Crippen LogP contribution in [0.3, 0.4) is 0 Å². The summed E-state index contributed by atoms with van der Waals surface area (Å²) in [6.45, 7) is 1.55. The van der Waals surface area contributed by atoms with Crippen LogP contribution < -0.4 is 4.72 Å². The summed E-state index contributed by atoms with van der Waals surface area (Å²) >= 11 is 0. The Kier molecular flexibility index (Phi) is 5.18. The summed E-state index contributed by atoms with van der Waals surface area (Å²) < 4.78 is 25.3. The van der Waals surface area contributed by atoms with Crippen LogP contribution in [0.5, 0.6) is 5.75 Å². The lowest BCUT2D eigenvalue weighted by molar-refractivity contribution is 0.104. The standard InChI is InChI=1S/C17H17NO4S/c1-2-23(21,22)18-15-9-7-14(8-10-15)17(20)11-6-13-4-3-5-16(19)12-13/h3-12,18-19H,2H2,1H3/b11-6-. The summed E-state index contributed by atoms with van der Waals surface area (Å²) in [7, 11) is -3.33. The first-order valence-electron chi connectivity index (χ1n) is 7.01. The van der Waals surface area contributed by atoms with Gasteiger partial charge in [0.25, 0.3) is 0 Å². The summed E-state index contributed by atoms with van der Waals surface area (Å²) in [4.78, 5) is 12.1. The molecular weight excluding hydrogens is 314 g/mol. The van der Waals surface area contributed by atoms with Gasteiger partial charge >= 0.3 is 0 Å². The first kappa shape index (κ1) is 16.8.